The van der Waals surface area contributed by atoms with Gasteiger partial charge in [0.25, 0.3) is 0 Å². The van der Waals surface area contributed by atoms with E-state index in [1.54, 1.807) is 0 Å². The number of allylic oxidation sites excluding steroid dienone is 1. The number of rotatable bonds is 6. The first-order chi connectivity index (χ1) is 9.72. The lowest BCUT2D eigenvalue weighted by Crippen LogP contribution is -2.45. The van der Waals surface area contributed by atoms with Crippen LogP contribution in [0.4, 0.5) is 0 Å². The molecule has 1 aromatic rings. The Bertz CT molecular complexity index is 402. The zero-order chi connectivity index (χ0) is 14.4. The van der Waals surface area contributed by atoms with Gasteiger partial charge in [0.15, 0.2) is 0 Å². The summed E-state index contributed by atoms with van der Waals surface area (Å²) >= 11 is 0. The third-order valence-corrected chi connectivity index (χ3v) is 4.22. The number of hydrogen-bond donors (Lipinski definition) is 1. The summed E-state index contributed by atoms with van der Waals surface area (Å²) in [5.74, 6) is 0.606. The van der Waals surface area contributed by atoms with Gasteiger partial charge in [-0.2, -0.15) is 0 Å². The van der Waals surface area contributed by atoms with Crippen molar-refractivity contribution in [2.75, 3.05) is 26.2 Å². The monoisotopic (exact) mass is 272 g/mol. The minimum Gasteiger partial charge on any atom is -0.314 e. The zero-order valence-corrected chi connectivity index (χ0v) is 12.9. The quantitative estimate of drug-likeness (QED) is 0.794. The van der Waals surface area contributed by atoms with Crippen molar-refractivity contribution >= 4 is 0 Å². The first-order valence-electron chi connectivity index (χ1n) is 7.88. The van der Waals surface area contributed by atoms with E-state index >= 15 is 0 Å². The van der Waals surface area contributed by atoms with Crippen LogP contribution in [0, 0.1) is 0 Å². The summed E-state index contributed by atoms with van der Waals surface area (Å²) in [7, 11) is 0. The molecule has 1 saturated heterocycles. The third kappa shape index (κ3) is 3.94. The van der Waals surface area contributed by atoms with Gasteiger partial charge in [0.1, 0.15) is 0 Å². The molecular weight excluding hydrogens is 244 g/mol. The van der Waals surface area contributed by atoms with Crippen molar-refractivity contribution in [2.45, 2.75) is 38.6 Å². The Labute approximate surface area is 123 Å². The summed E-state index contributed by atoms with van der Waals surface area (Å²) in [5.41, 5.74) is 2.88. The fourth-order valence-corrected chi connectivity index (χ4v) is 2.93. The maximum Gasteiger partial charge on any atom is 0.0352 e. The van der Waals surface area contributed by atoms with Gasteiger partial charge in [-0.05, 0) is 29.9 Å². The average molecular weight is 272 g/mol. The molecule has 0 radical (unpaired) electrons. The van der Waals surface area contributed by atoms with Crippen molar-refractivity contribution in [3.63, 3.8) is 0 Å². The molecular formula is C18H28N2. The molecule has 110 valence electrons. The Morgan fingerprint density at radius 2 is 1.75 bits per heavy atom. The second-order valence-electron chi connectivity index (χ2n) is 5.99. The van der Waals surface area contributed by atoms with Crippen LogP contribution in [0.3, 0.4) is 0 Å². The molecule has 0 unspecified atom stereocenters. The van der Waals surface area contributed by atoms with Crippen LogP contribution in [-0.4, -0.2) is 31.1 Å². The van der Waals surface area contributed by atoms with Crippen molar-refractivity contribution in [3.05, 3.63) is 48.0 Å². The van der Waals surface area contributed by atoms with Gasteiger partial charge in [0.2, 0.25) is 0 Å². The lowest BCUT2D eigenvalue weighted by molar-refractivity contribution is 0.166. The summed E-state index contributed by atoms with van der Waals surface area (Å²) in [6.07, 6.45) is 4.29. The van der Waals surface area contributed by atoms with Crippen LogP contribution >= 0.6 is 0 Å². The summed E-state index contributed by atoms with van der Waals surface area (Å²) in [6, 6.07) is 9.78. The standard InChI is InChI=1S/C18H28N2/c1-4-5-6-18(20-13-11-19-12-14-20)17-9-7-16(8-10-17)15(2)3/h4,7-10,15,18-19H,1,5-6,11-14H2,2-3H3/t18-/m1/s1. The molecule has 0 spiro atoms. The predicted octanol–water partition coefficient (Wildman–Crippen LogP) is 3.72. The Morgan fingerprint density at radius 3 is 2.30 bits per heavy atom. The number of hydrogen-bond acceptors (Lipinski definition) is 2. The maximum absolute atomic E-state index is 3.88. The van der Waals surface area contributed by atoms with E-state index in [1.807, 2.05) is 6.08 Å². The molecule has 1 atom stereocenters. The average Bonchev–Trinajstić information content (AvgIpc) is 2.49. The smallest absolute Gasteiger partial charge is 0.0352 e. The normalized spacial score (nSPS) is 18.1. The Balaban J connectivity index is 2.13. The highest BCUT2D eigenvalue weighted by molar-refractivity contribution is 5.27. The van der Waals surface area contributed by atoms with Gasteiger partial charge in [-0.3, -0.25) is 4.90 Å². The Kier molecular flexibility index (Phi) is 5.81. The van der Waals surface area contributed by atoms with Gasteiger partial charge >= 0.3 is 0 Å². The van der Waals surface area contributed by atoms with Crippen LogP contribution in [-0.2, 0) is 0 Å². The van der Waals surface area contributed by atoms with Crippen molar-refractivity contribution in [2.24, 2.45) is 0 Å². The molecule has 1 aliphatic heterocycles. The second kappa shape index (κ2) is 7.61. The lowest BCUT2D eigenvalue weighted by Gasteiger charge is -2.35. The fourth-order valence-electron chi connectivity index (χ4n) is 2.93. The molecule has 1 fully saturated rings. The van der Waals surface area contributed by atoms with Crippen LogP contribution < -0.4 is 5.32 Å². The molecule has 1 aliphatic rings. The van der Waals surface area contributed by atoms with Crippen molar-refractivity contribution in [1.82, 2.24) is 10.2 Å². The van der Waals surface area contributed by atoms with Gasteiger partial charge in [0.05, 0.1) is 0 Å². The van der Waals surface area contributed by atoms with Crippen LogP contribution in [0.25, 0.3) is 0 Å². The fraction of sp³-hybridized carbons (Fsp3) is 0.556. The van der Waals surface area contributed by atoms with Crippen LogP contribution in [0.2, 0.25) is 0 Å². The van der Waals surface area contributed by atoms with E-state index in [1.165, 1.54) is 17.5 Å². The Morgan fingerprint density at radius 1 is 1.15 bits per heavy atom. The zero-order valence-electron chi connectivity index (χ0n) is 12.9. The van der Waals surface area contributed by atoms with Gasteiger partial charge < -0.3 is 5.32 Å². The van der Waals surface area contributed by atoms with Gasteiger partial charge in [-0.25, -0.2) is 0 Å². The molecule has 0 saturated carbocycles. The van der Waals surface area contributed by atoms with E-state index in [0.29, 0.717) is 12.0 Å². The molecule has 0 bridgehead atoms. The molecule has 0 amide bonds. The van der Waals surface area contributed by atoms with Crippen LogP contribution in [0.5, 0.6) is 0 Å². The largest absolute Gasteiger partial charge is 0.314 e. The molecule has 1 aromatic carbocycles. The van der Waals surface area contributed by atoms with Crippen LogP contribution in [0.15, 0.2) is 36.9 Å². The Hall–Kier alpha value is -1.12. The van der Waals surface area contributed by atoms with E-state index in [2.05, 4.69) is 54.9 Å². The highest BCUT2D eigenvalue weighted by atomic mass is 15.2. The van der Waals surface area contributed by atoms with E-state index < -0.39 is 0 Å². The molecule has 0 aromatic heterocycles. The molecule has 20 heavy (non-hydrogen) atoms. The minimum absolute atomic E-state index is 0.538. The highest BCUT2D eigenvalue weighted by Crippen LogP contribution is 2.27. The maximum atomic E-state index is 3.88. The summed E-state index contributed by atoms with van der Waals surface area (Å²) in [6.45, 7) is 12.9. The molecule has 2 nitrogen and oxygen atoms in total. The highest BCUT2D eigenvalue weighted by Gasteiger charge is 2.21. The van der Waals surface area contributed by atoms with Crippen molar-refractivity contribution in [1.29, 1.82) is 0 Å². The first-order valence-corrected chi connectivity index (χ1v) is 7.88. The van der Waals surface area contributed by atoms with E-state index in [0.717, 1.165) is 32.6 Å². The summed E-state index contributed by atoms with van der Waals surface area (Å²) in [4.78, 5) is 2.62. The van der Waals surface area contributed by atoms with Crippen LogP contribution in [0.1, 0.15) is 49.8 Å². The van der Waals surface area contributed by atoms with Crippen molar-refractivity contribution < 1.29 is 0 Å². The predicted molar refractivity (Wildman–Crippen MR) is 87.1 cm³/mol. The number of nitrogens with zero attached hydrogens (tertiary/aromatic N) is 1. The molecule has 1 heterocycles. The topological polar surface area (TPSA) is 15.3 Å². The van der Waals surface area contributed by atoms with Gasteiger partial charge in [0, 0.05) is 32.2 Å². The number of nitrogens with one attached hydrogen (secondary N) is 1. The number of benzene rings is 1. The summed E-state index contributed by atoms with van der Waals surface area (Å²) in [5, 5.41) is 3.44. The van der Waals surface area contributed by atoms with Crippen molar-refractivity contribution in [3.8, 4) is 0 Å². The molecule has 1 N–H and O–H groups in total. The summed E-state index contributed by atoms with van der Waals surface area (Å²) < 4.78 is 0. The SMILES string of the molecule is C=CCC[C@H](c1ccc(C(C)C)cc1)N1CCNCC1. The third-order valence-electron chi connectivity index (χ3n) is 4.22. The first kappa shape index (κ1) is 15.3. The van der Waals surface area contributed by atoms with Gasteiger partial charge in [-0.1, -0.05) is 44.2 Å². The number of piperazine rings is 1. The lowest BCUT2D eigenvalue weighted by atomic mass is 9.95. The molecule has 2 heteroatoms. The minimum atomic E-state index is 0.538. The second-order valence-corrected chi connectivity index (χ2v) is 5.99. The van der Waals surface area contributed by atoms with E-state index in [9.17, 15) is 0 Å². The molecule has 2 rings (SSSR count). The molecule has 0 aliphatic carbocycles. The van der Waals surface area contributed by atoms with E-state index in [4.69, 9.17) is 0 Å². The van der Waals surface area contributed by atoms with E-state index in [-0.39, 0.29) is 0 Å². The van der Waals surface area contributed by atoms with Gasteiger partial charge in [-0.15, -0.1) is 6.58 Å².